The van der Waals surface area contributed by atoms with E-state index < -0.39 is 117 Å². The molecule has 0 aromatic heterocycles. The highest BCUT2D eigenvalue weighted by Crippen LogP contribution is 2.30. The summed E-state index contributed by atoms with van der Waals surface area (Å²) in [4.78, 5) is 25.4. The lowest BCUT2D eigenvalue weighted by Gasteiger charge is -2.47. The third kappa shape index (κ3) is 30.0. The Morgan fingerprint density at radius 1 is 0.493 bits per heavy atom. The Labute approximate surface area is 453 Å². The fourth-order valence-corrected chi connectivity index (χ4v) is 10.5. The monoisotopic (exact) mass is 1080 g/mol. The molecule has 0 aromatic rings. The molecule has 17 heteroatoms. The van der Waals surface area contributed by atoms with E-state index in [9.17, 15) is 55.5 Å². The maximum absolute atomic E-state index is 13.4. The van der Waals surface area contributed by atoms with Gasteiger partial charge < -0.3 is 75.5 Å². The number of carbonyl (C=O) groups is 2. The molecule has 11 N–H and O–H groups in total. The first-order valence-electron chi connectivity index (χ1n) is 30.4. The van der Waals surface area contributed by atoms with Crippen LogP contribution in [0.25, 0.3) is 0 Å². The number of aliphatic hydroxyl groups is 9. The summed E-state index contributed by atoms with van der Waals surface area (Å²) in [5.41, 5.74) is 0. The van der Waals surface area contributed by atoms with Gasteiger partial charge in [0.15, 0.2) is 12.6 Å². The summed E-state index contributed by atoms with van der Waals surface area (Å²) in [6, 6.07) is -2.67. The van der Waals surface area contributed by atoms with Crippen molar-refractivity contribution in [3.05, 3.63) is 0 Å². The van der Waals surface area contributed by atoms with Gasteiger partial charge in [-0.05, 0) is 12.8 Å². The number of amides is 2. The zero-order chi connectivity index (χ0) is 55.1. The van der Waals surface area contributed by atoms with E-state index in [0.29, 0.717) is 12.8 Å². The third-order valence-corrected chi connectivity index (χ3v) is 15.4. The van der Waals surface area contributed by atoms with Gasteiger partial charge in [0.1, 0.15) is 61.0 Å². The molecule has 17 nitrogen and oxygen atoms in total. The lowest BCUT2D eigenvalue weighted by atomic mass is 9.95. The van der Waals surface area contributed by atoms with Crippen LogP contribution < -0.4 is 10.6 Å². The van der Waals surface area contributed by atoms with Gasteiger partial charge in [-0.1, -0.05) is 232 Å². The molecule has 2 aliphatic rings. The Hall–Kier alpha value is -1.58. The second kappa shape index (κ2) is 44.2. The van der Waals surface area contributed by atoms with Crippen LogP contribution in [0.1, 0.15) is 252 Å². The van der Waals surface area contributed by atoms with Crippen LogP contribution in [0.15, 0.2) is 0 Å². The number of unbranched alkanes of at least 4 members (excludes halogenated alkanes) is 32. The number of carbonyl (C=O) groups excluding carboxylic acids is 2. The zero-order valence-electron chi connectivity index (χ0n) is 47.1. The number of aliphatic hydroxyl groups excluding tert-OH is 9. The van der Waals surface area contributed by atoms with Gasteiger partial charge in [-0.25, -0.2) is 0 Å². The lowest BCUT2D eigenvalue weighted by molar-refractivity contribution is -0.347. The topological polar surface area (TPSA) is 277 Å². The van der Waals surface area contributed by atoms with E-state index in [2.05, 4.69) is 24.5 Å². The number of rotatable bonds is 48. The van der Waals surface area contributed by atoms with E-state index in [1.807, 2.05) is 0 Å². The zero-order valence-corrected chi connectivity index (χ0v) is 47.1. The summed E-state index contributed by atoms with van der Waals surface area (Å²) in [6.07, 6.45) is 23.0. The van der Waals surface area contributed by atoms with Crippen LogP contribution in [-0.4, -0.2) is 163 Å². The summed E-state index contributed by atoms with van der Waals surface area (Å²) in [7, 11) is 0. The molecule has 2 aliphatic heterocycles. The molecule has 0 saturated carbocycles. The smallest absolute Gasteiger partial charge is 0.249 e. The first-order chi connectivity index (χ1) is 36.3. The number of hydrogen-bond acceptors (Lipinski definition) is 15. The van der Waals surface area contributed by atoms with Gasteiger partial charge in [0.25, 0.3) is 0 Å². The highest BCUT2D eigenvalue weighted by atomic mass is 16.7. The predicted molar refractivity (Wildman–Crippen MR) is 291 cm³/mol. The quantitative estimate of drug-likeness (QED) is 0.0265. The molecule has 2 fully saturated rings. The summed E-state index contributed by atoms with van der Waals surface area (Å²) < 4.78 is 23.2. The average molecular weight is 1080 g/mol. The van der Waals surface area contributed by atoms with Crippen molar-refractivity contribution < 1.29 is 74.5 Å². The van der Waals surface area contributed by atoms with Gasteiger partial charge in [-0.15, -0.1) is 0 Å². The van der Waals surface area contributed by atoms with E-state index in [1.165, 1.54) is 161 Å². The Morgan fingerprint density at radius 3 is 1.28 bits per heavy atom. The number of ether oxygens (including phenoxy) is 4. The van der Waals surface area contributed by atoms with Crippen LogP contribution in [0.4, 0.5) is 0 Å². The highest BCUT2D eigenvalue weighted by Gasteiger charge is 2.51. The molecule has 2 saturated heterocycles. The van der Waals surface area contributed by atoms with Crippen LogP contribution in [-0.2, 0) is 28.5 Å². The van der Waals surface area contributed by atoms with Crippen molar-refractivity contribution in [1.82, 2.24) is 10.6 Å². The molecular weight excluding hydrogens is 965 g/mol. The van der Waals surface area contributed by atoms with Crippen molar-refractivity contribution in [3.8, 4) is 0 Å². The molecule has 444 valence electrons. The van der Waals surface area contributed by atoms with Crippen molar-refractivity contribution in [3.63, 3.8) is 0 Å². The second-order valence-electron chi connectivity index (χ2n) is 22.2. The van der Waals surface area contributed by atoms with Crippen molar-refractivity contribution in [2.75, 3.05) is 19.8 Å². The standard InChI is InChI=1S/C58H112N2O15/c1-4-6-8-10-12-14-16-18-20-21-22-23-24-25-27-29-31-33-35-37-39-46(65)56(71)60-44(50(66)45(64)38-36-34-32-30-28-26-19-17-15-13-11-9-7-5-2)42-72-58-54(70)53(69)55(48(41-62)74-58)75-57-49(59-43(3)63)52(68)51(67)47(40-61)73-57/h44-55,57-58,61-62,64-70H,4-42H2,1-3H3,(H,59,63)(H,60,71). The van der Waals surface area contributed by atoms with Crippen LogP contribution in [0, 0.1) is 0 Å². The second-order valence-corrected chi connectivity index (χ2v) is 22.2. The van der Waals surface area contributed by atoms with Crippen LogP contribution in [0.2, 0.25) is 0 Å². The molecule has 0 radical (unpaired) electrons. The van der Waals surface area contributed by atoms with Crippen LogP contribution in [0.5, 0.6) is 0 Å². The molecule has 14 unspecified atom stereocenters. The summed E-state index contributed by atoms with van der Waals surface area (Å²) in [6.45, 7) is 3.60. The Balaban J connectivity index is 1.88. The largest absolute Gasteiger partial charge is 0.394 e. The highest BCUT2D eigenvalue weighted by molar-refractivity contribution is 5.80. The molecule has 2 heterocycles. The Morgan fingerprint density at radius 2 is 0.880 bits per heavy atom. The number of hydrogen-bond donors (Lipinski definition) is 11. The predicted octanol–water partition coefficient (Wildman–Crippen LogP) is 7.42. The lowest BCUT2D eigenvalue weighted by Crippen LogP contribution is -2.67. The summed E-state index contributed by atoms with van der Waals surface area (Å²) in [5, 5.41) is 102. The first-order valence-corrected chi connectivity index (χ1v) is 30.4. The van der Waals surface area contributed by atoms with Crippen molar-refractivity contribution in [2.24, 2.45) is 0 Å². The van der Waals surface area contributed by atoms with E-state index in [4.69, 9.17) is 18.9 Å². The number of nitrogens with one attached hydrogen (secondary N) is 2. The van der Waals surface area contributed by atoms with Gasteiger partial charge in [0.2, 0.25) is 11.8 Å². The molecule has 2 amide bonds. The van der Waals surface area contributed by atoms with E-state index in [1.54, 1.807) is 0 Å². The summed E-state index contributed by atoms with van der Waals surface area (Å²) in [5.74, 6) is -1.37. The fourth-order valence-electron chi connectivity index (χ4n) is 10.5. The fraction of sp³-hybridized carbons (Fsp3) is 0.966. The maximum Gasteiger partial charge on any atom is 0.249 e. The minimum atomic E-state index is -1.86. The van der Waals surface area contributed by atoms with E-state index in [0.717, 1.165) is 51.9 Å². The van der Waals surface area contributed by atoms with Gasteiger partial charge >= 0.3 is 0 Å². The molecule has 2 rings (SSSR count). The molecule has 14 atom stereocenters. The van der Waals surface area contributed by atoms with E-state index in [-0.39, 0.29) is 12.8 Å². The Kier molecular flexibility index (Phi) is 41.0. The van der Waals surface area contributed by atoms with Gasteiger partial charge in [-0.2, -0.15) is 0 Å². The average Bonchev–Trinajstić information content (AvgIpc) is 3.40. The molecule has 0 spiro atoms. The molecular formula is C58H112N2O15. The van der Waals surface area contributed by atoms with Gasteiger partial charge in [0.05, 0.1) is 32.0 Å². The van der Waals surface area contributed by atoms with Crippen molar-refractivity contribution in [1.29, 1.82) is 0 Å². The molecule has 0 bridgehead atoms. The van der Waals surface area contributed by atoms with Gasteiger partial charge in [-0.3, -0.25) is 9.59 Å². The van der Waals surface area contributed by atoms with Crippen molar-refractivity contribution >= 4 is 11.8 Å². The van der Waals surface area contributed by atoms with Crippen molar-refractivity contribution in [2.45, 2.75) is 338 Å². The minimum absolute atomic E-state index is 0.203. The SMILES string of the molecule is CCCCCCCCCCCCCCCCCCCCCCC(O)C(=O)NC(COC1OC(CO)C(OC2OC(CO)C(O)C(O)C2NC(C)=O)C(O)C1O)C(O)C(O)CCCCCCCCCCCCCCCC. The molecule has 0 aliphatic carbocycles. The minimum Gasteiger partial charge on any atom is -0.394 e. The third-order valence-electron chi connectivity index (χ3n) is 15.4. The Bertz CT molecular complexity index is 1370. The molecule has 0 aromatic carbocycles. The summed E-state index contributed by atoms with van der Waals surface area (Å²) >= 11 is 0. The first kappa shape index (κ1) is 69.5. The van der Waals surface area contributed by atoms with Crippen LogP contribution in [0.3, 0.4) is 0 Å². The van der Waals surface area contributed by atoms with Gasteiger partial charge in [0, 0.05) is 6.92 Å². The molecule has 75 heavy (non-hydrogen) atoms. The van der Waals surface area contributed by atoms with E-state index >= 15 is 0 Å². The normalized spacial score (nSPS) is 25.7. The maximum atomic E-state index is 13.4. The van der Waals surface area contributed by atoms with Crippen LogP contribution >= 0.6 is 0 Å².